The van der Waals surface area contributed by atoms with Crippen LogP contribution in [0.1, 0.15) is 33.1 Å². The number of rotatable bonds is 4. The molecule has 31 heavy (non-hydrogen) atoms. The molecular weight excluding hydrogens is 410 g/mol. The molecule has 0 unspecified atom stereocenters. The zero-order valence-electron chi connectivity index (χ0n) is 18.3. The monoisotopic (exact) mass is 441 g/mol. The zero-order valence-corrected chi connectivity index (χ0v) is 19.1. The average Bonchev–Trinajstić information content (AvgIpc) is 3.20. The highest BCUT2D eigenvalue weighted by Gasteiger charge is 2.32. The van der Waals surface area contributed by atoms with Crippen molar-refractivity contribution >= 4 is 34.0 Å². The standard InChI is InChI=1S/C21H23N5O2S.C2H6.H2/c1-13-22-10-19(29-13)16-6-15-7-20(24-9-18(15)23-8-16)25-21(27)14-2-4-26(5-3-14)17-11-28-12-17;1-2;/h6-10,14,17H,2-5,11-12H2,1H3,(H,24,25,27);1-2H3;1H. The Bertz CT molecular complexity index is 1050. The molecule has 0 aliphatic carbocycles. The Hall–Kier alpha value is -2.42. The zero-order chi connectivity index (χ0) is 21.8. The summed E-state index contributed by atoms with van der Waals surface area (Å²) in [5.74, 6) is 0.676. The number of hydrogen-bond donors (Lipinski definition) is 1. The van der Waals surface area contributed by atoms with Crippen LogP contribution < -0.4 is 5.32 Å². The van der Waals surface area contributed by atoms with Crippen LogP contribution in [0.2, 0.25) is 0 Å². The summed E-state index contributed by atoms with van der Waals surface area (Å²) in [4.78, 5) is 29.5. The molecule has 166 valence electrons. The third kappa shape index (κ3) is 4.92. The van der Waals surface area contributed by atoms with E-state index >= 15 is 0 Å². The minimum atomic E-state index is 0. The number of amides is 1. The molecule has 2 saturated heterocycles. The van der Waals surface area contributed by atoms with Crippen molar-refractivity contribution < 1.29 is 11.0 Å². The molecule has 3 aromatic heterocycles. The maximum absolute atomic E-state index is 12.7. The highest BCUT2D eigenvalue weighted by molar-refractivity contribution is 7.15. The third-order valence-corrected chi connectivity index (χ3v) is 6.72. The van der Waals surface area contributed by atoms with Crippen LogP contribution in [0.3, 0.4) is 0 Å². The van der Waals surface area contributed by atoms with Crippen molar-refractivity contribution in [3.63, 3.8) is 0 Å². The molecule has 2 fully saturated rings. The lowest BCUT2D eigenvalue weighted by Gasteiger charge is -2.41. The molecule has 0 spiro atoms. The van der Waals surface area contributed by atoms with Crippen LogP contribution in [0.5, 0.6) is 0 Å². The van der Waals surface area contributed by atoms with Gasteiger partial charge in [-0.1, -0.05) is 13.8 Å². The second-order valence-electron chi connectivity index (χ2n) is 7.72. The first kappa shape index (κ1) is 21.8. The minimum Gasteiger partial charge on any atom is -0.378 e. The van der Waals surface area contributed by atoms with E-state index in [1.165, 1.54) is 0 Å². The maximum Gasteiger partial charge on any atom is 0.228 e. The SMILES string of the molecule is CC.Cc1ncc(-c2cnc3cnc(NC(=O)C4CCN(C5COC5)CC4)cc3c2)s1.[HH]. The second-order valence-corrected chi connectivity index (χ2v) is 8.96. The molecule has 0 aromatic carbocycles. The molecule has 2 aliphatic rings. The van der Waals surface area contributed by atoms with E-state index < -0.39 is 0 Å². The topological polar surface area (TPSA) is 80.2 Å². The van der Waals surface area contributed by atoms with E-state index in [1.54, 1.807) is 17.5 Å². The summed E-state index contributed by atoms with van der Waals surface area (Å²) in [6.07, 6.45) is 7.19. The van der Waals surface area contributed by atoms with Gasteiger partial charge >= 0.3 is 0 Å². The third-order valence-electron chi connectivity index (χ3n) is 5.76. The summed E-state index contributed by atoms with van der Waals surface area (Å²) >= 11 is 1.64. The van der Waals surface area contributed by atoms with Crippen molar-refractivity contribution in [1.29, 1.82) is 0 Å². The van der Waals surface area contributed by atoms with Gasteiger partial charge in [-0.2, -0.15) is 0 Å². The molecule has 0 bridgehead atoms. The first-order valence-corrected chi connectivity index (χ1v) is 11.8. The van der Waals surface area contributed by atoms with Crippen molar-refractivity contribution in [1.82, 2.24) is 19.9 Å². The van der Waals surface area contributed by atoms with Gasteiger partial charge in [0.1, 0.15) is 5.82 Å². The van der Waals surface area contributed by atoms with Crippen molar-refractivity contribution in [3.8, 4) is 10.4 Å². The van der Waals surface area contributed by atoms with Crippen molar-refractivity contribution in [2.75, 3.05) is 31.6 Å². The van der Waals surface area contributed by atoms with E-state index in [9.17, 15) is 4.79 Å². The minimum absolute atomic E-state index is 0. The van der Waals surface area contributed by atoms with Crippen LogP contribution in [-0.2, 0) is 9.53 Å². The number of thiazole rings is 1. The van der Waals surface area contributed by atoms with Gasteiger partial charge in [0.15, 0.2) is 0 Å². The Morgan fingerprint density at radius 3 is 2.55 bits per heavy atom. The van der Waals surface area contributed by atoms with Gasteiger partial charge in [0.05, 0.1) is 40.9 Å². The fourth-order valence-corrected chi connectivity index (χ4v) is 4.68. The lowest BCUT2D eigenvalue weighted by molar-refractivity contribution is -0.123. The lowest BCUT2D eigenvalue weighted by atomic mass is 9.94. The van der Waals surface area contributed by atoms with Gasteiger partial charge in [-0.25, -0.2) is 9.97 Å². The fraction of sp³-hybridized carbons (Fsp3) is 0.478. The van der Waals surface area contributed by atoms with E-state index in [4.69, 9.17) is 4.74 Å². The lowest BCUT2D eigenvalue weighted by Crippen LogP contribution is -2.52. The quantitative estimate of drug-likeness (QED) is 0.647. The van der Waals surface area contributed by atoms with Gasteiger partial charge in [0.2, 0.25) is 5.91 Å². The number of aromatic nitrogens is 3. The van der Waals surface area contributed by atoms with Crippen LogP contribution in [0.15, 0.2) is 30.7 Å². The number of carbonyl (C=O) groups excluding carboxylic acids is 1. The predicted molar refractivity (Wildman–Crippen MR) is 126 cm³/mol. The number of aryl methyl sites for hydroxylation is 1. The first-order chi connectivity index (χ1) is 15.2. The molecule has 5 heterocycles. The number of pyridine rings is 2. The molecule has 1 amide bonds. The fourth-order valence-electron chi connectivity index (χ4n) is 3.92. The Balaban J connectivity index is 0.000000938. The molecule has 0 radical (unpaired) electrons. The number of hydrogen-bond acceptors (Lipinski definition) is 7. The summed E-state index contributed by atoms with van der Waals surface area (Å²) in [5, 5.41) is 4.99. The number of carbonyl (C=O) groups is 1. The van der Waals surface area contributed by atoms with E-state index in [1.807, 2.05) is 39.2 Å². The van der Waals surface area contributed by atoms with Crippen LogP contribution >= 0.6 is 11.3 Å². The Labute approximate surface area is 188 Å². The Morgan fingerprint density at radius 1 is 1.13 bits per heavy atom. The van der Waals surface area contributed by atoms with E-state index in [2.05, 4.69) is 31.2 Å². The summed E-state index contributed by atoms with van der Waals surface area (Å²) in [5.41, 5.74) is 1.84. The van der Waals surface area contributed by atoms with Gasteiger partial charge < -0.3 is 10.1 Å². The van der Waals surface area contributed by atoms with E-state index in [-0.39, 0.29) is 13.3 Å². The van der Waals surface area contributed by atoms with E-state index in [0.29, 0.717) is 11.9 Å². The van der Waals surface area contributed by atoms with Crippen LogP contribution in [-0.4, -0.2) is 58.1 Å². The predicted octanol–water partition coefficient (Wildman–Crippen LogP) is 4.38. The molecular formula is C23H31N5O2S. The molecule has 3 aromatic rings. The number of nitrogens with zero attached hydrogens (tertiary/aromatic N) is 4. The summed E-state index contributed by atoms with van der Waals surface area (Å²) in [7, 11) is 0. The molecule has 8 heteroatoms. The van der Waals surface area contributed by atoms with Gasteiger partial charge in [-0.3, -0.25) is 14.7 Å². The van der Waals surface area contributed by atoms with Crippen molar-refractivity contribution in [3.05, 3.63) is 35.7 Å². The van der Waals surface area contributed by atoms with Crippen LogP contribution in [0.4, 0.5) is 5.82 Å². The second kappa shape index (κ2) is 9.80. The Morgan fingerprint density at radius 2 is 1.90 bits per heavy atom. The number of anilines is 1. The van der Waals surface area contributed by atoms with Crippen molar-refractivity contribution in [2.24, 2.45) is 5.92 Å². The Kier molecular flexibility index (Phi) is 6.89. The van der Waals surface area contributed by atoms with Gasteiger partial charge in [0, 0.05) is 30.7 Å². The number of fused-ring (bicyclic) bond motifs is 1. The number of nitrogens with one attached hydrogen (secondary N) is 1. The smallest absolute Gasteiger partial charge is 0.228 e. The number of ether oxygens (including phenoxy) is 1. The highest BCUT2D eigenvalue weighted by atomic mass is 32.1. The molecule has 1 N–H and O–H groups in total. The average molecular weight is 442 g/mol. The number of piperidine rings is 1. The highest BCUT2D eigenvalue weighted by Crippen LogP contribution is 2.28. The molecule has 0 saturated carbocycles. The van der Waals surface area contributed by atoms with Crippen LogP contribution in [0.25, 0.3) is 21.3 Å². The summed E-state index contributed by atoms with van der Waals surface area (Å²) in [6, 6.07) is 4.52. The molecule has 0 atom stereocenters. The van der Waals surface area contributed by atoms with Gasteiger partial charge in [-0.15, -0.1) is 11.3 Å². The summed E-state index contributed by atoms with van der Waals surface area (Å²) < 4.78 is 5.28. The van der Waals surface area contributed by atoms with Gasteiger partial charge in [-0.05, 0) is 45.0 Å². The first-order valence-electron chi connectivity index (χ1n) is 11.0. The van der Waals surface area contributed by atoms with E-state index in [0.717, 1.165) is 65.5 Å². The van der Waals surface area contributed by atoms with Crippen LogP contribution in [0, 0.1) is 12.8 Å². The summed E-state index contributed by atoms with van der Waals surface area (Å²) in [6.45, 7) is 9.56. The van der Waals surface area contributed by atoms with Gasteiger partial charge in [0.25, 0.3) is 0 Å². The maximum atomic E-state index is 12.7. The van der Waals surface area contributed by atoms with Crippen molar-refractivity contribution in [2.45, 2.75) is 39.7 Å². The molecule has 2 aliphatic heterocycles. The molecule has 5 rings (SSSR count). The normalized spacial score (nSPS) is 17.6. The number of likely N-dealkylation sites (tertiary alicyclic amines) is 1. The molecule has 7 nitrogen and oxygen atoms in total. The largest absolute Gasteiger partial charge is 0.378 e.